The van der Waals surface area contributed by atoms with Gasteiger partial charge in [0.1, 0.15) is 5.44 Å². The van der Waals surface area contributed by atoms with E-state index in [0.717, 1.165) is 17.9 Å². The first-order valence-electron chi connectivity index (χ1n) is 4.68. The predicted molar refractivity (Wildman–Crippen MR) is 57.6 cm³/mol. The van der Waals surface area contributed by atoms with Gasteiger partial charge in [-0.25, -0.2) is 0 Å². The van der Waals surface area contributed by atoms with Crippen LogP contribution in [0, 0.1) is 0 Å². The lowest BCUT2D eigenvalue weighted by atomic mass is 10.1. The maximum absolute atomic E-state index is 11.7. The normalized spacial score (nSPS) is 21.0. The third kappa shape index (κ3) is 2.36. The Morgan fingerprint density at radius 1 is 1.43 bits per heavy atom. The molecule has 0 N–H and O–H groups in total. The van der Waals surface area contributed by atoms with Gasteiger partial charge in [-0.2, -0.15) is 0 Å². The van der Waals surface area contributed by atoms with Crippen molar-refractivity contribution in [2.45, 2.75) is 11.9 Å². The first-order valence-corrected chi connectivity index (χ1v) is 5.72. The van der Waals surface area contributed by atoms with Crippen LogP contribution in [-0.2, 0) is 4.74 Å². The Kier molecular flexibility index (Phi) is 3.22. The zero-order chi connectivity index (χ0) is 9.80. The number of thioether (sulfide) groups is 1. The molecule has 1 saturated heterocycles. The van der Waals surface area contributed by atoms with Crippen molar-refractivity contribution in [3.8, 4) is 0 Å². The van der Waals surface area contributed by atoms with Gasteiger partial charge in [0.25, 0.3) is 0 Å². The van der Waals surface area contributed by atoms with E-state index in [-0.39, 0.29) is 11.2 Å². The number of hydrogen-bond donors (Lipinski definition) is 0. The summed E-state index contributed by atoms with van der Waals surface area (Å²) >= 11 is 1.72. The van der Waals surface area contributed by atoms with E-state index < -0.39 is 0 Å². The summed E-state index contributed by atoms with van der Waals surface area (Å²) in [6, 6.07) is 9.38. The summed E-state index contributed by atoms with van der Waals surface area (Å²) in [5.41, 5.74) is 0.853. The third-order valence-electron chi connectivity index (χ3n) is 2.14. The van der Waals surface area contributed by atoms with Gasteiger partial charge in [-0.1, -0.05) is 30.3 Å². The second-order valence-electron chi connectivity index (χ2n) is 3.16. The van der Waals surface area contributed by atoms with E-state index in [1.54, 1.807) is 11.8 Å². The van der Waals surface area contributed by atoms with Gasteiger partial charge in [0.05, 0.1) is 6.61 Å². The Hall–Kier alpha value is -0.800. The molecule has 1 aromatic carbocycles. The molecule has 2 nitrogen and oxygen atoms in total. The molecular weight excluding hydrogens is 196 g/mol. The molecule has 74 valence electrons. The zero-order valence-corrected chi connectivity index (χ0v) is 8.63. The monoisotopic (exact) mass is 208 g/mol. The van der Waals surface area contributed by atoms with Crippen LogP contribution in [0.4, 0.5) is 0 Å². The van der Waals surface area contributed by atoms with Gasteiger partial charge in [0, 0.05) is 17.7 Å². The average Bonchev–Trinajstić information content (AvgIpc) is 2.72. The molecule has 0 aromatic heterocycles. The van der Waals surface area contributed by atoms with Crippen LogP contribution in [-0.4, -0.2) is 23.6 Å². The topological polar surface area (TPSA) is 26.3 Å². The van der Waals surface area contributed by atoms with Crippen molar-refractivity contribution in [3.05, 3.63) is 35.9 Å². The Morgan fingerprint density at radius 2 is 2.21 bits per heavy atom. The van der Waals surface area contributed by atoms with Crippen LogP contribution in [0.25, 0.3) is 0 Å². The second-order valence-corrected chi connectivity index (χ2v) is 4.43. The molecule has 1 atom stereocenters. The lowest BCUT2D eigenvalue weighted by Gasteiger charge is -2.06. The van der Waals surface area contributed by atoms with Crippen molar-refractivity contribution in [3.63, 3.8) is 0 Å². The summed E-state index contributed by atoms with van der Waals surface area (Å²) in [5.74, 6) is 1.18. The van der Waals surface area contributed by atoms with Gasteiger partial charge < -0.3 is 4.74 Å². The van der Waals surface area contributed by atoms with Crippen molar-refractivity contribution in [2.24, 2.45) is 0 Å². The van der Waals surface area contributed by atoms with Gasteiger partial charge in [-0.05, 0) is 0 Å². The molecule has 1 unspecified atom stereocenters. The first kappa shape index (κ1) is 9.74. The number of Topliss-reactive ketones (excluding diaryl/α,β-unsaturated/α-hetero) is 1. The smallest absolute Gasteiger partial charge is 0.166 e. The molecule has 0 radical (unpaired) electrons. The van der Waals surface area contributed by atoms with E-state index in [9.17, 15) is 4.79 Å². The summed E-state index contributed by atoms with van der Waals surface area (Å²) in [7, 11) is 0. The molecule has 1 fully saturated rings. The fourth-order valence-corrected chi connectivity index (χ4v) is 2.34. The highest BCUT2D eigenvalue weighted by atomic mass is 32.2. The minimum atomic E-state index is 0.0720. The van der Waals surface area contributed by atoms with Crippen LogP contribution in [0.1, 0.15) is 16.8 Å². The molecule has 0 aliphatic carbocycles. The van der Waals surface area contributed by atoms with Crippen molar-refractivity contribution >= 4 is 17.5 Å². The van der Waals surface area contributed by atoms with Gasteiger partial charge in [-0.15, -0.1) is 11.8 Å². The lowest BCUT2D eigenvalue weighted by molar-refractivity contribution is 0.0876. The lowest BCUT2D eigenvalue weighted by Crippen LogP contribution is -2.09. The Bertz CT molecular complexity index is 304. The maximum atomic E-state index is 11.7. The second kappa shape index (κ2) is 4.62. The highest BCUT2D eigenvalue weighted by Gasteiger charge is 2.20. The molecule has 0 spiro atoms. The fraction of sp³-hybridized carbons (Fsp3) is 0.364. The van der Waals surface area contributed by atoms with Gasteiger partial charge >= 0.3 is 0 Å². The largest absolute Gasteiger partial charge is 0.366 e. The summed E-state index contributed by atoms with van der Waals surface area (Å²) in [5, 5.41) is 0. The molecule has 2 rings (SSSR count). The first-order chi connectivity index (χ1) is 6.86. The van der Waals surface area contributed by atoms with E-state index in [2.05, 4.69) is 0 Å². The predicted octanol–water partition coefficient (Wildman–Crippen LogP) is 2.35. The summed E-state index contributed by atoms with van der Waals surface area (Å²) < 4.78 is 5.39. The number of hydrogen-bond acceptors (Lipinski definition) is 3. The summed E-state index contributed by atoms with van der Waals surface area (Å²) in [4.78, 5) is 11.7. The Balaban J connectivity index is 1.95. The Labute approximate surface area is 87.6 Å². The van der Waals surface area contributed by atoms with E-state index in [4.69, 9.17) is 4.74 Å². The fourth-order valence-electron chi connectivity index (χ4n) is 1.42. The minimum absolute atomic E-state index is 0.0720. The van der Waals surface area contributed by atoms with Gasteiger partial charge in [0.15, 0.2) is 5.78 Å². The number of carbonyl (C=O) groups is 1. The van der Waals surface area contributed by atoms with Gasteiger partial charge in [-0.3, -0.25) is 4.79 Å². The van der Waals surface area contributed by atoms with Crippen LogP contribution in [0.2, 0.25) is 0 Å². The van der Waals surface area contributed by atoms with E-state index in [0.29, 0.717) is 6.42 Å². The van der Waals surface area contributed by atoms with E-state index >= 15 is 0 Å². The number of ketones is 1. The number of ether oxygens (including phenoxy) is 1. The molecule has 3 heteroatoms. The van der Waals surface area contributed by atoms with Crippen LogP contribution in [0.5, 0.6) is 0 Å². The van der Waals surface area contributed by atoms with Crippen LogP contribution in [0.15, 0.2) is 30.3 Å². The summed E-state index contributed by atoms with van der Waals surface area (Å²) in [6.45, 7) is 0.775. The zero-order valence-electron chi connectivity index (χ0n) is 7.81. The molecule has 14 heavy (non-hydrogen) atoms. The van der Waals surface area contributed by atoms with Crippen molar-refractivity contribution in [1.29, 1.82) is 0 Å². The highest BCUT2D eigenvalue weighted by Crippen LogP contribution is 2.23. The van der Waals surface area contributed by atoms with Crippen LogP contribution < -0.4 is 0 Å². The molecule has 1 aliphatic heterocycles. The van der Waals surface area contributed by atoms with Gasteiger partial charge in [0.2, 0.25) is 0 Å². The quantitative estimate of drug-likeness (QED) is 0.713. The molecule has 0 saturated carbocycles. The molecule has 0 bridgehead atoms. The van der Waals surface area contributed by atoms with Crippen LogP contribution >= 0.6 is 11.8 Å². The molecule has 0 amide bonds. The highest BCUT2D eigenvalue weighted by molar-refractivity contribution is 8.00. The van der Waals surface area contributed by atoms with Crippen molar-refractivity contribution in [1.82, 2.24) is 0 Å². The SMILES string of the molecule is O=C(CC1OCCS1)c1ccccc1. The molecule has 1 heterocycles. The average molecular weight is 208 g/mol. The van der Waals surface area contributed by atoms with Crippen molar-refractivity contribution in [2.75, 3.05) is 12.4 Å². The van der Waals surface area contributed by atoms with Crippen molar-refractivity contribution < 1.29 is 9.53 Å². The molecular formula is C11H12O2S. The van der Waals surface area contributed by atoms with Crippen LogP contribution in [0.3, 0.4) is 0 Å². The minimum Gasteiger partial charge on any atom is -0.366 e. The molecule has 1 aromatic rings. The summed E-state index contributed by atoms with van der Waals surface area (Å²) in [6.07, 6.45) is 0.495. The van der Waals surface area contributed by atoms with E-state index in [1.165, 1.54) is 0 Å². The number of carbonyl (C=O) groups excluding carboxylic acids is 1. The Morgan fingerprint density at radius 3 is 2.86 bits per heavy atom. The standard InChI is InChI=1S/C11H12O2S/c12-10(8-11-13-6-7-14-11)9-4-2-1-3-5-9/h1-5,11H,6-8H2. The maximum Gasteiger partial charge on any atom is 0.166 e. The van der Waals surface area contributed by atoms with E-state index in [1.807, 2.05) is 30.3 Å². The number of benzene rings is 1. The molecule has 1 aliphatic rings. The number of rotatable bonds is 3. The third-order valence-corrected chi connectivity index (χ3v) is 3.22.